The summed E-state index contributed by atoms with van der Waals surface area (Å²) >= 11 is 0. The lowest BCUT2D eigenvalue weighted by Gasteiger charge is -2.28. The molecule has 0 bridgehead atoms. The van der Waals surface area contributed by atoms with Crippen molar-refractivity contribution in [3.63, 3.8) is 0 Å². The average Bonchev–Trinajstić information content (AvgIpc) is 2.92. The van der Waals surface area contributed by atoms with Crippen molar-refractivity contribution in [2.24, 2.45) is 0 Å². The largest absolute Gasteiger partial charge is 0.495 e. The quantitative estimate of drug-likeness (QED) is 0.159. The Bertz CT molecular complexity index is 1260. The summed E-state index contributed by atoms with van der Waals surface area (Å²) in [5.41, 5.74) is 1.76. The van der Waals surface area contributed by atoms with E-state index in [4.69, 9.17) is 19.3 Å². The minimum absolute atomic E-state index is 0.0925. The number of para-hydroxylation sites is 1. The minimum Gasteiger partial charge on any atom is -0.495 e. The molecule has 0 amide bonds. The first-order valence-electron chi connectivity index (χ1n) is 11.7. The fraction of sp³-hybridized carbons (Fsp3) is 0.360. The second-order valence-electron chi connectivity index (χ2n) is 8.22. The van der Waals surface area contributed by atoms with Gasteiger partial charge in [0.15, 0.2) is 6.29 Å². The summed E-state index contributed by atoms with van der Waals surface area (Å²) in [6.45, 7) is 1.05. The van der Waals surface area contributed by atoms with Gasteiger partial charge in [-0.15, -0.1) is 0 Å². The van der Waals surface area contributed by atoms with Gasteiger partial charge in [0, 0.05) is 12.6 Å². The van der Waals surface area contributed by atoms with Crippen LogP contribution in [0.5, 0.6) is 11.5 Å². The van der Waals surface area contributed by atoms with Crippen LogP contribution in [0.4, 0.5) is 11.4 Å². The molecule has 13 heteroatoms. The zero-order chi connectivity index (χ0) is 27.5. The molecule has 1 aromatic heterocycles. The average molecular weight is 549 g/mol. The van der Waals surface area contributed by atoms with Crippen LogP contribution in [-0.2, 0) is 14.8 Å². The lowest BCUT2D eigenvalue weighted by molar-refractivity contribution is -0.140. The van der Waals surface area contributed by atoms with Gasteiger partial charge in [0.1, 0.15) is 23.0 Å². The molecule has 0 radical (unpaired) electrons. The van der Waals surface area contributed by atoms with Gasteiger partial charge in [-0.2, -0.15) is 10.2 Å². The molecule has 2 unspecified atom stereocenters. The first-order valence-corrected chi connectivity index (χ1v) is 13.2. The number of ether oxygens (including phenoxy) is 3. The van der Waals surface area contributed by atoms with Crippen LogP contribution >= 0.6 is 0 Å². The molecular weight excluding hydrogens is 516 g/mol. The van der Waals surface area contributed by atoms with Crippen molar-refractivity contribution in [2.45, 2.75) is 24.2 Å². The van der Waals surface area contributed by atoms with Gasteiger partial charge in [-0.3, -0.25) is 4.31 Å². The van der Waals surface area contributed by atoms with Crippen molar-refractivity contribution in [3.05, 3.63) is 66.5 Å². The topological polar surface area (TPSA) is 164 Å². The molecule has 0 saturated heterocycles. The minimum atomic E-state index is -4.23. The number of sulfonamides is 1. The Morgan fingerprint density at radius 1 is 1.11 bits per heavy atom. The highest BCUT2D eigenvalue weighted by Gasteiger charge is 2.30. The Morgan fingerprint density at radius 2 is 1.89 bits per heavy atom. The van der Waals surface area contributed by atoms with Crippen molar-refractivity contribution in [1.82, 2.24) is 10.2 Å². The lowest BCUT2D eigenvalue weighted by atomic mass is 10.2. The molecule has 0 aliphatic carbocycles. The van der Waals surface area contributed by atoms with Gasteiger partial charge in [0.2, 0.25) is 0 Å². The first kappa shape index (κ1) is 29.1. The van der Waals surface area contributed by atoms with Crippen molar-refractivity contribution >= 4 is 21.4 Å². The smallest absolute Gasteiger partial charge is 0.268 e. The number of methoxy groups -OCH3 is 1. The monoisotopic (exact) mass is 548 g/mol. The molecule has 206 valence electrons. The third-order valence-electron chi connectivity index (χ3n) is 5.26. The van der Waals surface area contributed by atoms with Crippen LogP contribution < -0.4 is 19.1 Å². The van der Waals surface area contributed by atoms with E-state index < -0.39 is 42.2 Å². The maximum Gasteiger partial charge on any atom is 0.268 e. The van der Waals surface area contributed by atoms with E-state index in [9.17, 15) is 18.6 Å². The number of nitrogens with zero attached hydrogens (tertiary/aromatic N) is 3. The number of hydrogen-bond donors (Lipinski definition) is 4. The van der Waals surface area contributed by atoms with E-state index in [1.807, 2.05) is 0 Å². The van der Waals surface area contributed by atoms with E-state index in [1.165, 1.54) is 19.2 Å². The molecule has 4 N–H and O–H groups in total. The summed E-state index contributed by atoms with van der Waals surface area (Å²) in [5, 5.41) is 39.7. The van der Waals surface area contributed by atoms with E-state index in [0.717, 1.165) is 15.6 Å². The van der Waals surface area contributed by atoms with Crippen molar-refractivity contribution < 1.29 is 37.9 Å². The normalized spacial score (nSPS) is 13.0. The lowest BCUT2D eigenvalue weighted by Crippen LogP contribution is -2.40. The number of aliphatic hydroxyl groups excluding tert-OH is 3. The number of hydrogen-bond acceptors (Lipinski definition) is 11. The fourth-order valence-corrected chi connectivity index (χ4v) is 5.17. The molecule has 0 aliphatic heterocycles. The number of aromatic nitrogens is 2. The number of rotatable bonds is 15. The van der Waals surface area contributed by atoms with Gasteiger partial charge in [-0.1, -0.05) is 12.1 Å². The summed E-state index contributed by atoms with van der Waals surface area (Å²) in [6.07, 6.45) is 0.319. The molecule has 12 nitrogen and oxygen atoms in total. The highest BCUT2D eigenvalue weighted by atomic mass is 32.2. The Kier molecular flexibility index (Phi) is 10.6. The third kappa shape index (κ3) is 8.00. The Morgan fingerprint density at radius 3 is 2.61 bits per heavy atom. The number of benzene rings is 2. The van der Waals surface area contributed by atoms with Crippen molar-refractivity contribution in [1.29, 1.82) is 0 Å². The summed E-state index contributed by atoms with van der Waals surface area (Å²) in [7, 11) is -2.86. The molecule has 2 atom stereocenters. The highest BCUT2D eigenvalue weighted by Crippen LogP contribution is 2.32. The zero-order valence-corrected chi connectivity index (χ0v) is 21.9. The van der Waals surface area contributed by atoms with Crippen LogP contribution in [0.2, 0.25) is 0 Å². The maximum absolute atomic E-state index is 13.8. The van der Waals surface area contributed by atoms with Gasteiger partial charge in [-0.25, -0.2) is 8.42 Å². The molecule has 2 aromatic carbocycles. The van der Waals surface area contributed by atoms with Crippen LogP contribution in [-0.4, -0.2) is 86.3 Å². The second kappa shape index (κ2) is 13.9. The van der Waals surface area contributed by atoms with Crippen molar-refractivity contribution in [2.75, 3.05) is 49.6 Å². The molecule has 0 spiro atoms. The van der Waals surface area contributed by atoms with Crippen LogP contribution in [0.3, 0.4) is 0 Å². The van der Waals surface area contributed by atoms with E-state index in [-0.39, 0.29) is 22.9 Å². The van der Waals surface area contributed by atoms with Crippen LogP contribution in [0.15, 0.2) is 65.8 Å². The molecule has 3 aromatic rings. The molecule has 38 heavy (non-hydrogen) atoms. The maximum atomic E-state index is 13.8. The number of anilines is 2. The van der Waals surface area contributed by atoms with Gasteiger partial charge >= 0.3 is 0 Å². The highest BCUT2D eigenvalue weighted by molar-refractivity contribution is 7.93. The summed E-state index contributed by atoms with van der Waals surface area (Å²) in [6, 6.07) is 12.9. The summed E-state index contributed by atoms with van der Waals surface area (Å²) in [4.78, 5) is -0.0925. The van der Waals surface area contributed by atoms with Gasteiger partial charge in [0.25, 0.3) is 10.0 Å². The van der Waals surface area contributed by atoms with E-state index in [1.54, 1.807) is 55.7 Å². The number of aliphatic hydroxyl groups is 3. The van der Waals surface area contributed by atoms with Gasteiger partial charge in [-0.05, 0) is 42.8 Å². The molecular formula is C25H32N4O8S. The molecule has 0 aliphatic rings. The third-order valence-corrected chi connectivity index (χ3v) is 7.09. The Hall–Kier alpha value is -3.49. The molecule has 0 fully saturated rings. The van der Waals surface area contributed by atoms with Crippen LogP contribution in [0.1, 0.15) is 5.56 Å². The standard InChI is InChI=1S/C25H32N4O8S/c1-18-11-20(13-22(12-18)36-10-9-26-19-7-8-27-28-14-19)29(15-21(31)17-37-25(32)16-30)38(33,34)24-6-4-3-5-23(24)35-2/h3-8,11-14,21,25,30-32H,9-10,15-17H2,1-2H3,(H,26,27). The van der Waals surface area contributed by atoms with Crippen LogP contribution in [0, 0.1) is 6.92 Å². The van der Waals surface area contributed by atoms with Gasteiger partial charge in [0.05, 0.1) is 56.7 Å². The predicted octanol–water partition coefficient (Wildman–Crippen LogP) is 1.17. The van der Waals surface area contributed by atoms with Crippen LogP contribution in [0.25, 0.3) is 0 Å². The fourth-order valence-electron chi connectivity index (χ4n) is 3.53. The molecule has 1 heterocycles. The number of nitrogens with one attached hydrogen (secondary N) is 1. The Labute approximate surface area is 221 Å². The SMILES string of the molecule is COc1ccccc1S(=O)(=O)N(CC(O)COC(O)CO)c1cc(C)cc(OCCNc2ccnnc2)c1. The molecule has 0 saturated carbocycles. The summed E-state index contributed by atoms with van der Waals surface area (Å²) < 4.78 is 44.8. The summed E-state index contributed by atoms with van der Waals surface area (Å²) in [5.74, 6) is 0.566. The molecule has 3 rings (SSSR count). The van der Waals surface area contributed by atoms with E-state index >= 15 is 0 Å². The van der Waals surface area contributed by atoms with E-state index in [0.29, 0.717) is 12.3 Å². The van der Waals surface area contributed by atoms with Gasteiger partial charge < -0.3 is 34.8 Å². The van der Waals surface area contributed by atoms with Crippen molar-refractivity contribution in [3.8, 4) is 11.5 Å². The Balaban J connectivity index is 1.87. The zero-order valence-electron chi connectivity index (χ0n) is 21.1. The number of aryl methyl sites for hydroxylation is 1. The second-order valence-corrected chi connectivity index (χ2v) is 10.1. The first-order chi connectivity index (χ1) is 18.2. The predicted molar refractivity (Wildman–Crippen MR) is 140 cm³/mol. The van der Waals surface area contributed by atoms with E-state index in [2.05, 4.69) is 15.5 Å².